The fourth-order valence-electron chi connectivity index (χ4n) is 2.04. The molecule has 24 heavy (non-hydrogen) atoms. The van der Waals surface area contributed by atoms with E-state index < -0.39 is 0 Å². The third-order valence-corrected chi connectivity index (χ3v) is 3.08. The summed E-state index contributed by atoms with van der Waals surface area (Å²) in [6, 6.07) is 6.46. The molecule has 6 nitrogen and oxygen atoms in total. The van der Waals surface area contributed by atoms with Crippen molar-refractivity contribution < 1.29 is 8.91 Å². The zero-order valence-electron chi connectivity index (χ0n) is 13.9. The van der Waals surface area contributed by atoms with Crippen molar-refractivity contribution in [3.63, 3.8) is 0 Å². The zero-order valence-corrected chi connectivity index (χ0v) is 16.2. The van der Waals surface area contributed by atoms with Crippen molar-refractivity contribution in [2.45, 2.75) is 33.2 Å². The van der Waals surface area contributed by atoms with E-state index in [-0.39, 0.29) is 29.8 Å². The van der Waals surface area contributed by atoms with Crippen LogP contribution in [0.1, 0.15) is 30.6 Å². The highest BCUT2D eigenvalue weighted by molar-refractivity contribution is 14.0. The number of aryl methyl sites for hydroxylation is 2. The maximum atomic E-state index is 13.2. The summed E-state index contributed by atoms with van der Waals surface area (Å²) >= 11 is 0. The van der Waals surface area contributed by atoms with Crippen molar-refractivity contribution in [3.05, 3.63) is 47.4 Å². The van der Waals surface area contributed by atoms with E-state index in [0.29, 0.717) is 24.2 Å². The van der Waals surface area contributed by atoms with Crippen LogP contribution >= 0.6 is 24.0 Å². The minimum absolute atomic E-state index is 0. The van der Waals surface area contributed by atoms with Crippen LogP contribution in [0.5, 0.6) is 0 Å². The van der Waals surface area contributed by atoms with Gasteiger partial charge in [-0.3, -0.25) is 0 Å². The maximum Gasteiger partial charge on any atom is 0.226 e. The van der Waals surface area contributed by atoms with Gasteiger partial charge in [0.1, 0.15) is 5.82 Å². The van der Waals surface area contributed by atoms with Crippen molar-refractivity contribution in [2.75, 3.05) is 13.1 Å². The predicted octanol–water partition coefficient (Wildman–Crippen LogP) is 2.82. The Morgan fingerprint density at radius 1 is 1.33 bits per heavy atom. The highest BCUT2D eigenvalue weighted by Crippen LogP contribution is 2.04. The molecule has 0 saturated heterocycles. The van der Waals surface area contributed by atoms with Crippen molar-refractivity contribution >= 4 is 29.9 Å². The van der Waals surface area contributed by atoms with E-state index in [0.717, 1.165) is 31.5 Å². The SMILES string of the molecule is CCNC(=NCc1cccc(F)c1)NCCCc1nc(C)no1.I. The Hall–Kier alpha value is -1.71. The molecule has 1 aromatic carbocycles. The summed E-state index contributed by atoms with van der Waals surface area (Å²) in [4.78, 5) is 8.61. The molecule has 0 saturated carbocycles. The van der Waals surface area contributed by atoms with Crippen molar-refractivity contribution in [3.8, 4) is 0 Å². The molecular weight excluding hydrogens is 424 g/mol. The van der Waals surface area contributed by atoms with Gasteiger partial charge in [0.25, 0.3) is 0 Å². The van der Waals surface area contributed by atoms with E-state index in [2.05, 4.69) is 25.8 Å². The Morgan fingerprint density at radius 3 is 2.83 bits per heavy atom. The summed E-state index contributed by atoms with van der Waals surface area (Å²) in [7, 11) is 0. The van der Waals surface area contributed by atoms with E-state index in [1.165, 1.54) is 12.1 Å². The zero-order chi connectivity index (χ0) is 16.5. The molecule has 0 unspecified atom stereocenters. The van der Waals surface area contributed by atoms with Gasteiger partial charge in [0.15, 0.2) is 11.8 Å². The summed E-state index contributed by atoms with van der Waals surface area (Å²) in [6.07, 6.45) is 1.57. The lowest BCUT2D eigenvalue weighted by molar-refractivity contribution is 0.372. The largest absolute Gasteiger partial charge is 0.357 e. The quantitative estimate of drug-likeness (QED) is 0.296. The van der Waals surface area contributed by atoms with Crippen LogP contribution in [0.4, 0.5) is 4.39 Å². The summed E-state index contributed by atoms with van der Waals surface area (Å²) in [6.45, 7) is 5.72. The number of aliphatic imine (C=N–C) groups is 1. The minimum Gasteiger partial charge on any atom is -0.357 e. The molecule has 0 aliphatic rings. The number of hydrogen-bond acceptors (Lipinski definition) is 4. The molecule has 0 bridgehead atoms. The number of halogens is 2. The predicted molar refractivity (Wildman–Crippen MR) is 102 cm³/mol. The Bertz CT molecular complexity index is 647. The summed E-state index contributed by atoms with van der Waals surface area (Å²) < 4.78 is 18.2. The van der Waals surface area contributed by atoms with Crippen LogP contribution in [0.25, 0.3) is 0 Å². The smallest absolute Gasteiger partial charge is 0.226 e. The number of hydrogen-bond donors (Lipinski definition) is 2. The molecule has 2 rings (SSSR count). The average Bonchev–Trinajstić information content (AvgIpc) is 2.94. The number of aromatic nitrogens is 2. The van der Waals surface area contributed by atoms with Crippen LogP contribution < -0.4 is 10.6 Å². The van der Waals surface area contributed by atoms with Crippen LogP contribution in [0.2, 0.25) is 0 Å². The summed E-state index contributed by atoms with van der Waals surface area (Å²) in [5.74, 6) is 1.76. The van der Waals surface area contributed by atoms with Gasteiger partial charge in [0, 0.05) is 19.5 Å². The molecule has 0 aliphatic carbocycles. The first-order chi connectivity index (χ1) is 11.2. The second kappa shape index (κ2) is 11.0. The first kappa shape index (κ1) is 20.3. The van der Waals surface area contributed by atoms with Gasteiger partial charge in [-0.15, -0.1) is 24.0 Å². The standard InChI is InChI=1S/C16H22FN5O.HI/c1-3-18-16(20-11-13-6-4-7-14(17)10-13)19-9-5-8-15-21-12(2)22-23-15;/h4,6-7,10H,3,5,8-9,11H2,1-2H3,(H2,18,19,20);1H. The van der Waals surface area contributed by atoms with Gasteiger partial charge in [0.2, 0.25) is 5.89 Å². The number of nitrogens with one attached hydrogen (secondary N) is 2. The summed E-state index contributed by atoms with van der Waals surface area (Å²) in [5, 5.41) is 10.2. The Labute approximate surface area is 158 Å². The number of nitrogens with zero attached hydrogens (tertiary/aromatic N) is 3. The van der Waals surface area contributed by atoms with Crippen LogP contribution in [0.3, 0.4) is 0 Å². The minimum atomic E-state index is -0.245. The van der Waals surface area contributed by atoms with Crippen LogP contribution in [0, 0.1) is 12.7 Å². The van der Waals surface area contributed by atoms with Gasteiger partial charge < -0.3 is 15.2 Å². The molecule has 0 fully saturated rings. The normalized spacial score (nSPS) is 11.0. The fourth-order valence-corrected chi connectivity index (χ4v) is 2.04. The van der Waals surface area contributed by atoms with Crippen LogP contribution in [-0.2, 0) is 13.0 Å². The molecule has 2 N–H and O–H groups in total. The Kier molecular flexibility index (Phi) is 9.28. The molecule has 2 aromatic rings. The number of benzene rings is 1. The molecule has 1 heterocycles. The number of rotatable bonds is 7. The maximum absolute atomic E-state index is 13.2. The molecule has 0 aliphatic heterocycles. The first-order valence-electron chi connectivity index (χ1n) is 7.73. The van der Waals surface area contributed by atoms with Gasteiger partial charge >= 0.3 is 0 Å². The third kappa shape index (κ3) is 7.24. The van der Waals surface area contributed by atoms with Gasteiger partial charge in [0.05, 0.1) is 6.54 Å². The van der Waals surface area contributed by atoms with E-state index in [9.17, 15) is 4.39 Å². The summed E-state index contributed by atoms with van der Waals surface area (Å²) in [5.41, 5.74) is 0.837. The average molecular weight is 447 g/mol. The lowest BCUT2D eigenvalue weighted by Gasteiger charge is -2.10. The van der Waals surface area contributed by atoms with Crippen LogP contribution in [-0.4, -0.2) is 29.2 Å². The molecule has 0 amide bonds. The Morgan fingerprint density at radius 2 is 2.17 bits per heavy atom. The fraction of sp³-hybridized carbons (Fsp3) is 0.438. The first-order valence-corrected chi connectivity index (χ1v) is 7.73. The molecular formula is C16H23FIN5O. The molecule has 0 radical (unpaired) electrons. The molecule has 1 aromatic heterocycles. The topological polar surface area (TPSA) is 75.3 Å². The monoisotopic (exact) mass is 447 g/mol. The lowest BCUT2D eigenvalue weighted by Crippen LogP contribution is -2.37. The van der Waals surface area contributed by atoms with Crippen molar-refractivity contribution in [1.82, 2.24) is 20.8 Å². The molecule has 0 spiro atoms. The lowest BCUT2D eigenvalue weighted by atomic mass is 10.2. The van der Waals surface area contributed by atoms with Crippen molar-refractivity contribution in [1.29, 1.82) is 0 Å². The van der Waals surface area contributed by atoms with E-state index in [1.807, 2.05) is 13.0 Å². The highest BCUT2D eigenvalue weighted by Gasteiger charge is 2.03. The third-order valence-electron chi connectivity index (χ3n) is 3.08. The Balaban J connectivity index is 0.00000288. The van der Waals surface area contributed by atoms with E-state index in [4.69, 9.17) is 4.52 Å². The second-order valence-electron chi connectivity index (χ2n) is 5.09. The molecule has 8 heteroatoms. The number of guanidine groups is 1. The van der Waals surface area contributed by atoms with Crippen LogP contribution in [0.15, 0.2) is 33.8 Å². The van der Waals surface area contributed by atoms with Gasteiger partial charge in [-0.2, -0.15) is 4.98 Å². The molecule has 0 atom stereocenters. The van der Waals surface area contributed by atoms with Gasteiger partial charge in [-0.05, 0) is 38.0 Å². The second-order valence-corrected chi connectivity index (χ2v) is 5.09. The van der Waals surface area contributed by atoms with E-state index >= 15 is 0 Å². The van der Waals surface area contributed by atoms with Crippen molar-refractivity contribution in [2.24, 2.45) is 4.99 Å². The van der Waals surface area contributed by atoms with Gasteiger partial charge in [-0.25, -0.2) is 9.38 Å². The van der Waals surface area contributed by atoms with E-state index in [1.54, 1.807) is 13.0 Å². The molecule has 132 valence electrons. The highest BCUT2D eigenvalue weighted by atomic mass is 127. The van der Waals surface area contributed by atoms with Gasteiger partial charge in [-0.1, -0.05) is 17.3 Å².